The van der Waals surface area contributed by atoms with Crippen LogP contribution in [0.3, 0.4) is 0 Å². The number of ether oxygens (including phenoxy) is 1. The van der Waals surface area contributed by atoms with E-state index in [1.807, 2.05) is 0 Å². The highest BCUT2D eigenvalue weighted by molar-refractivity contribution is 5.81. The molecule has 0 aliphatic heterocycles. The van der Waals surface area contributed by atoms with E-state index in [1.54, 1.807) is 0 Å². The number of rotatable bonds is 6. The first-order valence-corrected chi connectivity index (χ1v) is 4.31. The molecular weight excluding hydrogens is 191 g/mol. The molecule has 14 heavy (non-hydrogen) atoms. The number of allylic oxidation sites excluding steroid dienone is 1. The maximum Gasteiger partial charge on any atom is 0.372 e. The van der Waals surface area contributed by atoms with E-state index in [9.17, 15) is 9.32 Å². The van der Waals surface area contributed by atoms with Gasteiger partial charge in [-0.3, -0.25) is 4.94 Å². The molecule has 0 aliphatic rings. The Morgan fingerprint density at radius 1 is 1.57 bits per heavy atom. The zero-order valence-corrected chi connectivity index (χ0v) is 8.33. The second-order valence-corrected chi connectivity index (χ2v) is 3.24. The van der Waals surface area contributed by atoms with Gasteiger partial charge in [0.05, 0.1) is 6.61 Å². The van der Waals surface area contributed by atoms with Gasteiger partial charge in [-0.25, -0.2) is 4.79 Å². The van der Waals surface area contributed by atoms with Gasteiger partial charge in [0.25, 0.3) is 0 Å². The molecule has 0 fully saturated rings. The Bertz CT molecular complexity index is 195. The Morgan fingerprint density at radius 3 is 2.71 bits per heavy atom. The van der Waals surface area contributed by atoms with Crippen molar-refractivity contribution >= 4 is 5.97 Å². The van der Waals surface area contributed by atoms with Gasteiger partial charge in [0.1, 0.15) is 0 Å². The van der Waals surface area contributed by atoms with Gasteiger partial charge in [-0.1, -0.05) is 6.08 Å². The Hall–Kier alpha value is -0.940. The van der Waals surface area contributed by atoms with Gasteiger partial charge < -0.3 is 9.84 Å². The van der Waals surface area contributed by atoms with Crippen LogP contribution in [0.1, 0.15) is 26.7 Å². The van der Waals surface area contributed by atoms with Gasteiger partial charge in [0.15, 0.2) is 5.79 Å². The van der Waals surface area contributed by atoms with E-state index >= 15 is 0 Å². The number of unbranched alkanes of at least 4 members (excludes halogenated alkanes) is 1. The van der Waals surface area contributed by atoms with Gasteiger partial charge in [-0.05, 0) is 26.7 Å². The normalized spacial score (nSPS) is 12.0. The summed E-state index contributed by atoms with van der Waals surface area (Å²) in [4.78, 5) is 13.2. The topological polar surface area (TPSA) is 55.8 Å². The standard InChI is InChI=1S/C9H15FO4/c1-9(2,12)13-7-5-3-4-6-8(11)14-10/h4,6,12H,3,5,7H2,1-2H3/b6-4+. The van der Waals surface area contributed by atoms with Crippen LogP contribution in [0.25, 0.3) is 0 Å². The Kier molecular flexibility index (Phi) is 6.07. The van der Waals surface area contributed by atoms with Gasteiger partial charge in [0.2, 0.25) is 0 Å². The molecule has 0 saturated carbocycles. The summed E-state index contributed by atoms with van der Waals surface area (Å²) in [5, 5.41) is 9.14. The molecule has 0 spiro atoms. The van der Waals surface area contributed by atoms with Crippen LogP contribution in [0.2, 0.25) is 0 Å². The molecule has 82 valence electrons. The number of carbonyl (C=O) groups is 1. The summed E-state index contributed by atoms with van der Waals surface area (Å²) in [5.74, 6) is -2.16. The summed E-state index contributed by atoms with van der Waals surface area (Å²) in [5.41, 5.74) is 0. The Labute approximate surface area is 82.2 Å². The molecule has 0 radical (unpaired) electrons. The van der Waals surface area contributed by atoms with Crippen molar-refractivity contribution in [3.05, 3.63) is 12.2 Å². The van der Waals surface area contributed by atoms with Crippen molar-refractivity contribution in [1.82, 2.24) is 0 Å². The molecule has 0 aliphatic carbocycles. The predicted molar refractivity (Wildman–Crippen MR) is 47.8 cm³/mol. The molecule has 0 saturated heterocycles. The average molecular weight is 206 g/mol. The molecule has 0 atom stereocenters. The number of carbonyl (C=O) groups excluding carboxylic acids is 1. The summed E-state index contributed by atoms with van der Waals surface area (Å²) < 4.78 is 16.2. The third kappa shape index (κ3) is 9.15. The first-order chi connectivity index (χ1) is 6.45. The van der Waals surface area contributed by atoms with Crippen LogP contribution in [0.15, 0.2) is 12.2 Å². The minimum Gasteiger partial charge on any atom is -0.366 e. The second-order valence-electron chi connectivity index (χ2n) is 3.24. The van der Waals surface area contributed by atoms with E-state index < -0.39 is 11.8 Å². The van der Waals surface area contributed by atoms with Crippen LogP contribution >= 0.6 is 0 Å². The number of hydrogen-bond acceptors (Lipinski definition) is 4. The van der Waals surface area contributed by atoms with E-state index in [0.29, 0.717) is 19.4 Å². The molecular formula is C9H15FO4. The van der Waals surface area contributed by atoms with Crippen molar-refractivity contribution in [2.24, 2.45) is 0 Å². The molecule has 5 heteroatoms. The predicted octanol–water partition coefficient (Wildman–Crippen LogP) is 1.50. The lowest BCUT2D eigenvalue weighted by atomic mass is 10.3. The molecule has 0 aromatic carbocycles. The number of hydrogen-bond donors (Lipinski definition) is 1. The van der Waals surface area contributed by atoms with Crippen LogP contribution in [0.5, 0.6) is 0 Å². The molecule has 0 aromatic heterocycles. The van der Waals surface area contributed by atoms with Crippen LogP contribution in [-0.4, -0.2) is 23.5 Å². The fourth-order valence-electron chi connectivity index (χ4n) is 0.728. The van der Waals surface area contributed by atoms with Gasteiger partial charge in [-0.15, -0.1) is 0 Å². The lowest BCUT2D eigenvalue weighted by Gasteiger charge is -2.17. The Morgan fingerprint density at radius 2 is 2.21 bits per heavy atom. The SMILES string of the molecule is CC(C)(O)OCCC/C=C/C(=O)OF. The van der Waals surface area contributed by atoms with Crippen molar-refractivity contribution in [2.75, 3.05) is 6.61 Å². The molecule has 1 N–H and O–H groups in total. The smallest absolute Gasteiger partial charge is 0.366 e. The van der Waals surface area contributed by atoms with Crippen molar-refractivity contribution in [3.63, 3.8) is 0 Å². The minimum absolute atomic E-state index is 0.374. The van der Waals surface area contributed by atoms with Crippen LogP contribution < -0.4 is 0 Å². The summed E-state index contributed by atoms with van der Waals surface area (Å²) in [7, 11) is 0. The maximum absolute atomic E-state index is 11.2. The average Bonchev–Trinajstić information content (AvgIpc) is 2.08. The van der Waals surface area contributed by atoms with Crippen LogP contribution in [0.4, 0.5) is 4.53 Å². The van der Waals surface area contributed by atoms with E-state index in [1.165, 1.54) is 19.9 Å². The second kappa shape index (κ2) is 6.50. The molecule has 0 rings (SSSR count). The largest absolute Gasteiger partial charge is 0.372 e. The van der Waals surface area contributed by atoms with E-state index in [4.69, 9.17) is 9.84 Å². The third-order valence-corrected chi connectivity index (χ3v) is 1.30. The fraction of sp³-hybridized carbons (Fsp3) is 0.667. The minimum atomic E-state index is -1.14. The molecule has 4 nitrogen and oxygen atoms in total. The van der Waals surface area contributed by atoms with Crippen LogP contribution in [-0.2, 0) is 14.5 Å². The Balaban J connectivity index is 3.39. The molecule has 0 unspecified atom stereocenters. The van der Waals surface area contributed by atoms with Crippen molar-refractivity contribution < 1.29 is 24.1 Å². The molecule has 0 bridgehead atoms. The van der Waals surface area contributed by atoms with Crippen molar-refractivity contribution in [1.29, 1.82) is 0 Å². The first kappa shape index (κ1) is 13.1. The summed E-state index contributed by atoms with van der Waals surface area (Å²) in [6.45, 7) is 3.44. The molecule has 0 aromatic rings. The van der Waals surface area contributed by atoms with E-state index in [2.05, 4.69) is 4.94 Å². The van der Waals surface area contributed by atoms with E-state index in [-0.39, 0.29) is 0 Å². The zero-order chi connectivity index (χ0) is 11.0. The summed E-state index contributed by atoms with van der Waals surface area (Å²) in [6, 6.07) is 0. The van der Waals surface area contributed by atoms with Crippen molar-refractivity contribution in [3.8, 4) is 0 Å². The van der Waals surface area contributed by atoms with Gasteiger partial charge in [-0.2, -0.15) is 0 Å². The monoisotopic (exact) mass is 206 g/mol. The zero-order valence-electron chi connectivity index (χ0n) is 8.33. The van der Waals surface area contributed by atoms with E-state index in [0.717, 1.165) is 6.08 Å². The highest BCUT2D eigenvalue weighted by Crippen LogP contribution is 2.04. The summed E-state index contributed by atoms with van der Waals surface area (Å²) in [6.07, 6.45) is 3.69. The first-order valence-electron chi connectivity index (χ1n) is 4.31. The third-order valence-electron chi connectivity index (χ3n) is 1.30. The molecule has 0 amide bonds. The number of aliphatic hydroxyl groups is 1. The lowest BCUT2D eigenvalue weighted by Crippen LogP contribution is -2.23. The van der Waals surface area contributed by atoms with Crippen LogP contribution in [0, 0.1) is 0 Å². The van der Waals surface area contributed by atoms with Gasteiger partial charge in [0, 0.05) is 10.6 Å². The highest BCUT2D eigenvalue weighted by Gasteiger charge is 2.10. The fourth-order valence-corrected chi connectivity index (χ4v) is 0.728. The number of halogens is 1. The maximum atomic E-state index is 11.2. The molecule has 0 heterocycles. The van der Waals surface area contributed by atoms with Gasteiger partial charge >= 0.3 is 5.97 Å². The summed E-state index contributed by atoms with van der Waals surface area (Å²) >= 11 is 0. The quantitative estimate of drug-likeness (QED) is 0.406. The highest BCUT2D eigenvalue weighted by atomic mass is 19.3. The van der Waals surface area contributed by atoms with Crippen molar-refractivity contribution in [2.45, 2.75) is 32.5 Å². The lowest BCUT2D eigenvalue weighted by molar-refractivity contribution is -0.177.